The molecule has 136 valence electrons. The molecule has 0 saturated heterocycles. The van der Waals surface area contributed by atoms with Crippen LogP contribution >= 0.6 is 0 Å². The lowest BCUT2D eigenvalue weighted by Gasteiger charge is -2.01. The van der Waals surface area contributed by atoms with Crippen LogP contribution in [0.15, 0.2) is 85.2 Å². The zero-order chi connectivity index (χ0) is 19.2. The number of fused-ring (bicyclic) bond motifs is 1. The lowest BCUT2D eigenvalue weighted by molar-refractivity contribution is 0.941. The average molecular weight is 348 g/mol. The molecule has 3 heteroatoms. The zero-order valence-electron chi connectivity index (χ0n) is 16.4. The molecule has 0 fully saturated rings. The predicted molar refractivity (Wildman–Crippen MR) is 112 cm³/mol. The topological polar surface area (TPSA) is 30.2 Å². The van der Waals surface area contributed by atoms with Gasteiger partial charge in [-0.3, -0.25) is 0 Å². The third-order valence-electron chi connectivity index (χ3n) is 3.28. The van der Waals surface area contributed by atoms with Gasteiger partial charge in [-0.15, -0.1) is 0 Å². The highest BCUT2D eigenvalue weighted by Gasteiger charge is 2.03. The van der Waals surface area contributed by atoms with E-state index in [0.717, 1.165) is 22.5 Å². The molecule has 0 aliphatic carbocycles. The number of hydrogen-bond acceptors (Lipinski definition) is 2. The molecule has 2 aromatic carbocycles. The number of aromatic nitrogens is 3. The number of rotatable bonds is 1. The first-order valence-corrected chi connectivity index (χ1v) is 9.21. The van der Waals surface area contributed by atoms with Gasteiger partial charge in [-0.1, -0.05) is 94.4 Å². The van der Waals surface area contributed by atoms with E-state index in [2.05, 4.69) is 22.2 Å². The summed E-state index contributed by atoms with van der Waals surface area (Å²) in [5.41, 5.74) is 4.13. The largest absolute Gasteiger partial charge is 0.228 e. The summed E-state index contributed by atoms with van der Waals surface area (Å²) in [5.74, 6) is 0. The monoisotopic (exact) mass is 347 g/mol. The smallest absolute Gasteiger partial charge is 0.158 e. The van der Waals surface area contributed by atoms with Gasteiger partial charge in [-0.2, -0.15) is 5.10 Å². The molecule has 2 heterocycles. The molecular formula is C23H29N3. The molecule has 0 radical (unpaired) electrons. The van der Waals surface area contributed by atoms with Crippen molar-refractivity contribution < 1.29 is 0 Å². The predicted octanol–water partition coefficient (Wildman–Crippen LogP) is 6.44. The molecule has 2 aromatic heterocycles. The minimum absolute atomic E-state index is 0.918. The van der Waals surface area contributed by atoms with Crippen molar-refractivity contribution in [3.63, 3.8) is 0 Å². The molecule has 0 aliphatic rings. The van der Waals surface area contributed by atoms with Crippen molar-refractivity contribution in [1.29, 1.82) is 0 Å². The highest BCUT2D eigenvalue weighted by atomic mass is 15.2. The maximum absolute atomic E-state index is 4.61. The fraction of sp³-hybridized carbons (Fsp3) is 0.217. The molecule has 0 N–H and O–H groups in total. The van der Waals surface area contributed by atoms with Crippen LogP contribution in [0.1, 0.15) is 33.3 Å². The number of aryl methyl sites for hydroxylation is 1. The van der Waals surface area contributed by atoms with Gasteiger partial charge in [-0.05, 0) is 13.0 Å². The van der Waals surface area contributed by atoms with Gasteiger partial charge in [-0.25, -0.2) is 9.50 Å². The minimum Gasteiger partial charge on any atom is -0.228 e. The van der Waals surface area contributed by atoms with Crippen molar-refractivity contribution >= 4 is 5.65 Å². The third kappa shape index (κ3) is 6.17. The summed E-state index contributed by atoms with van der Waals surface area (Å²) in [6, 6.07) is 24.1. The second kappa shape index (κ2) is 12.4. The van der Waals surface area contributed by atoms with Crippen LogP contribution in [0.5, 0.6) is 0 Å². The van der Waals surface area contributed by atoms with Gasteiger partial charge in [0.05, 0.1) is 11.9 Å². The molecule has 0 atom stereocenters. The summed E-state index contributed by atoms with van der Waals surface area (Å²) >= 11 is 0. The quantitative estimate of drug-likeness (QED) is 0.396. The molecule has 4 rings (SSSR count). The fourth-order valence-electron chi connectivity index (χ4n) is 2.14. The second-order valence-electron chi connectivity index (χ2n) is 4.93. The summed E-state index contributed by atoms with van der Waals surface area (Å²) in [4.78, 5) is 4.61. The molecule has 4 aromatic rings. The Bertz CT molecular complexity index is 810. The molecule has 0 aliphatic heterocycles. The Hall–Kier alpha value is -2.94. The van der Waals surface area contributed by atoms with E-state index in [1.807, 2.05) is 108 Å². The Morgan fingerprint density at radius 3 is 1.73 bits per heavy atom. The molecule has 26 heavy (non-hydrogen) atoms. The number of nitrogens with zero attached hydrogens (tertiary/aromatic N) is 3. The molecule has 0 bridgehead atoms. The Morgan fingerprint density at radius 1 is 0.692 bits per heavy atom. The van der Waals surface area contributed by atoms with E-state index in [1.54, 1.807) is 4.52 Å². The summed E-state index contributed by atoms with van der Waals surface area (Å²) in [6.07, 6.45) is 3.77. The van der Waals surface area contributed by atoms with E-state index in [-0.39, 0.29) is 0 Å². The van der Waals surface area contributed by atoms with Crippen LogP contribution in [-0.2, 0) is 0 Å². The SMILES string of the molecule is CC.CC.Cc1cnn2ccc(-c3ccccc3)nc12.c1ccccc1. The van der Waals surface area contributed by atoms with Gasteiger partial charge >= 0.3 is 0 Å². The zero-order valence-corrected chi connectivity index (χ0v) is 16.4. The van der Waals surface area contributed by atoms with Gasteiger partial charge in [0.15, 0.2) is 5.65 Å². The van der Waals surface area contributed by atoms with Crippen LogP contribution in [0.3, 0.4) is 0 Å². The van der Waals surface area contributed by atoms with Gasteiger partial charge in [0, 0.05) is 17.3 Å². The van der Waals surface area contributed by atoms with Gasteiger partial charge in [0.2, 0.25) is 0 Å². The fourth-order valence-corrected chi connectivity index (χ4v) is 2.14. The second-order valence-corrected chi connectivity index (χ2v) is 4.93. The van der Waals surface area contributed by atoms with E-state index in [1.165, 1.54) is 0 Å². The maximum atomic E-state index is 4.61. The summed E-state index contributed by atoms with van der Waals surface area (Å²) in [6.45, 7) is 10.0. The first-order chi connectivity index (χ1) is 12.8. The summed E-state index contributed by atoms with van der Waals surface area (Å²) < 4.78 is 1.79. The highest BCUT2D eigenvalue weighted by molar-refractivity contribution is 5.62. The third-order valence-corrected chi connectivity index (χ3v) is 3.28. The normalized spacial score (nSPS) is 8.96. The first kappa shape index (κ1) is 21.1. The van der Waals surface area contributed by atoms with Crippen LogP contribution in [0.2, 0.25) is 0 Å². The van der Waals surface area contributed by atoms with Gasteiger partial charge in [0.25, 0.3) is 0 Å². The summed E-state index contributed by atoms with van der Waals surface area (Å²) in [5, 5.41) is 4.21. The molecule has 0 spiro atoms. The number of benzene rings is 2. The van der Waals surface area contributed by atoms with Gasteiger partial charge in [0.1, 0.15) is 0 Å². The van der Waals surface area contributed by atoms with Crippen LogP contribution in [0, 0.1) is 6.92 Å². The molecule has 3 nitrogen and oxygen atoms in total. The van der Waals surface area contributed by atoms with Crippen molar-refractivity contribution in [2.45, 2.75) is 34.6 Å². The van der Waals surface area contributed by atoms with E-state index in [0.29, 0.717) is 0 Å². The summed E-state index contributed by atoms with van der Waals surface area (Å²) in [7, 11) is 0. The number of hydrogen-bond donors (Lipinski definition) is 0. The molecule has 0 unspecified atom stereocenters. The Labute approximate surface area is 157 Å². The Balaban J connectivity index is 0.000000284. The average Bonchev–Trinajstić information content (AvgIpc) is 3.14. The Kier molecular flexibility index (Phi) is 10.1. The van der Waals surface area contributed by atoms with Crippen LogP contribution in [0.4, 0.5) is 0 Å². The van der Waals surface area contributed by atoms with E-state index >= 15 is 0 Å². The lowest BCUT2D eigenvalue weighted by atomic mass is 10.1. The molecule has 0 amide bonds. The van der Waals surface area contributed by atoms with Crippen LogP contribution in [-0.4, -0.2) is 14.6 Å². The van der Waals surface area contributed by atoms with Crippen LogP contribution in [0.25, 0.3) is 16.9 Å². The van der Waals surface area contributed by atoms with E-state index in [4.69, 9.17) is 0 Å². The first-order valence-electron chi connectivity index (χ1n) is 9.21. The maximum Gasteiger partial charge on any atom is 0.158 e. The van der Waals surface area contributed by atoms with Crippen molar-refractivity contribution in [3.8, 4) is 11.3 Å². The van der Waals surface area contributed by atoms with Crippen LogP contribution < -0.4 is 0 Å². The Morgan fingerprint density at radius 2 is 1.19 bits per heavy atom. The lowest BCUT2D eigenvalue weighted by Crippen LogP contribution is -1.92. The molecule has 0 saturated carbocycles. The molecular weight excluding hydrogens is 318 g/mol. The van der Waals surface area contributed by atoms with Crippen molar-refractivity contribution in [2.24, 2.45) is 0 Å². The van der Waals surface area contributed by atoms with Crippen molar-refractivity contribution in [3.05, 3.63) is 90.8 Å². The van der Waals surface area contributed by atoms with E-state index < -0.39 is 0 Å². The highest BCUT2D eigenvalue weighted by Crippen LogP contribution is 2.17. The van der Waals surface area contributed by atoms with E-state index in [9.17, 15) is 0 Å². The standard InChI is InChI=1S/C13H11N3.C6H6.2C2H6/c1-10-9-14-16-8-7-12(15-13(10)16)11-5-3-2-4-6-11;1-2-4-6-5-3-1;2*1-2/h2-9H,1H3;1-6H;2*1-2H3. The van der Waals surface area contributed by atoms with Crippen molar-refractivity contribution in [2.75, 3.05) is 0 Å². The van der Waals surface area contributed by atoms with Crippen molar-refractivity contribution in [1.82, 2.24) is 14.6 Å². The minimum atomic E-state index is 0.918. The van der Waals surface area contributed by atoms with Gasteiger partial charge < -0.3 is 0 Å².